The molecule has 5 heteroatoms. The van der Waals surface area contributed by atoms with Crippen molar-refractivity contribution in [2.24, 2.45) is 10.9 Å². The molecule has 0 aromatic rings. The second kappa shape index (κ2) is 4.30. The van der Waals surface area contributed by atoms with E-state index in [1.165, 1.54) is 18.4 Å². The van der Waals surface area contributed by atoms with Gasteiger partial charge in [-0.25, -0.2) is 0 Å². The van der Waals surface area contributed by atoms with Gasteiger partial charge in [-0.05, 0) is 37.3 Å². The van der Waals surface area contributed by atoms with E-state index in [0.29, 0.717) is 11.9 Å². The molecule has 0 saturated heterocycles. The van der Waals surface area contributed by atoms with Crippen LogP contribution in [-0.2, 0) is 0 Å². The van der Waals surface area contributed by atoms with Gasteiger partial charge in [0.1, 0.15) is 6.20 Å². The Morgan fingerprint density at radius 2 is 2.30 bits per heavy atom. The van der Waals surface area contributed by atoms with E-state index >= 15 is 0 Å². The first-order chi connectivity index (χ1) is 9.74. The van der Waals surface area contributed by atoms with Gasteiger partial charge in [-0.3, -0.25) is 0 Å². The summed E-state index contributed by atoms with van der Waals surface area (Å²) in [5.41, 5.74) is 2.12. The zero-order chi connectivity index (χ0) is 13.7. The second-order valence-electron chi connectivity index (χ2n) is 5.96. The molecule has 5 nitrogen and oxygen atoms in total. The third kappa shape index (κ3) is 1.80. The van der Waals surface area contributed by atoms with E-state index < -0.39 is 0 Å². The molecule has 3 aliphatic heterocycles. The molecule has 1 unspecified atom stereocenters. The van der Waals surface area contributed by atoms with Gasteiger partial charge in [0.05, 0.1) is 5.92 Å². The first-order valence-corrected chi connectivity index (χ1v) is 7.37. The van der Waals surface area contributed by atoms with Crippen LogP contribution in [0.1, 0.15) is 26.2 Å². The molecule has 0 bridgehead atoms. The SMILES string of the molecule is CC1=CCNC2=C1N=C1C(CC=C[N+]1=O)CN2C1CC1. The predicted octanol–water partition coefficient (Wildman–Crippen LogP) is 1.89. The van der Waals surface area contributed by atoms with Crippen molar-refractivity contribution in [1.82, 2.24) is 10.2 Å². The van der Waals surface area contributed by atoms with Crippen LogP contribution in [0.2, 0.25) is 0 Å². The molecule has 0 radical (unpaired) electrons. The molecule has 20 heavy (non-hydrogen) atoms. The Labute approximate surface area is 118 Å². The van der Waals surface area contributed by atoms with E-state index in [9.17, 15) is 4.91 Å². The fourth-order valence-corrected chi connectivity index (χ4v) is 3.19. The third-order valence-electron chi connectivity index (χ3n) is 4.45. The van der Waals surface area contributed by atoms with Gasteiger partial charge in [0.25, 0.3) is 0 Å². The minimum absolute atomic E-state index is 0.207. The summed E-state index contributed by atoms with van der Waals surface area (Å²) in [4.78, 5) is 19.2. The van der Waals surface area contributed by atoms with E-state index in [4.69, 9.17) is 4.99 Å². The average Bonchev–Trinajstić information content (AvgIpc) is 3.24. The van der Waals surface area contributed by atoms with Gasteiger partial charge < -0.3 is 10.2 Å². The number of fused-ring (bicyclic) bond motifs is 1. The number of nitrogens with zero attached hydrogens (tertiary/aromatic N) is 3. The van der Waals surface area contributed by atoms with E-state index in [1.54, 1.807) is 6.20 Å². The molecule has 4 rings (SSSR count). The summed E-state index contributed by atoms with van der Waals surface area (Å²) in [6, 6.07) is 0.624. The van der Waals surface area contributed by atoms with Gasteiger partial charge in [0, 0.05) is 29.5 Å². The number of hydrogen-bond donors (Lipinski definition) is 1. The van der Waals surface area contributed by atoms with Gasteiger partial charge in [-0.1, -0.05) is 11.0 Å². The highest BCUT2D eigenvalue weighted by atomic mass is 16.3. The monoisotopic (exact) mass is 271 g/mol. The Kier molecular flexibility index (Phi) is 2.55. The summed E-state index contributed by atoms with van der Waals surface area (Å²) < 4.78 is 0.942. The van der Waals surface area contributed by atoms with Gasteiger partial charge in [-0.2, -0.15) is 0 Å². The number of nitrogens with one attached hydrogen (secondary N) is 1. The molecule has 1 saturated carbocycles. The number of allylic oxidation sites excluding steroid dienone is 2. The lowest BCUT2D eigenvalue weighted by molar-refractivity contribution is -0.360. The second-order valence-corrected chi connectivity index (χ2v) is 5.96. The Morgan fingerprint density at radius 3 is 3.10 bits per heavy atom. The molecule has 3 heterocycles. The summed E-state index contributed by atoms with van der Waals surface area (Å²) in [5, 5.41) is 3.47. The minimum atomic E-state index is 0.207. The highest BCUT2D eigenvalue weighted by Crippen LogP contribution is 2.36. The number of aliphatic imine (C=N–C) groups is 1. The Hall–Kier alpha value is -1.91. The Bertz CT molecular complexity index is 595. The van der Waals surface area contributed by atoms with Crippen molar-refractivity contribution in [1.29, 1.82) is 0 Å². The van der Waals surface area contributed by atoms with Crippen LogP contribution in [0.25, 0.3) is 0 Å². The maximum Gasteiger partial charge on any atom is 0.347 e. The molecule has 0 amide bonds. The first kappa shape index (κ1) is 11.9. The van der Waals surface area contributed by atoms with Crippen molar-refractivity contribution in [3.05, 3.63) is 40.4 Å². The highest BCUT2D eigenvalue weighted by Gasteiger charge is 2.43. The van der Waals surface area contributed by atoms with Crippen molar-refractivity contribution in [3.63, 3.8) is 0 Å². The molecule has 104 valence electrons. The van der Waals surface area contributed by atoms with E-state index in [1.807, 2.05) is 6.08 Å². The van der Waals surface area contributed by atoms with Crippen molar-refractivity contribution < 1.29 is 4.76 Å². The summed E-state index contributed by atoms with van der Waals surface area (Å²) in [7, 11) is 0. The molecular weight excluding hydrogens is 252 g/mol. The van der Waals surface area contributed by atoms with E-state index in [-0.39, 0.29) is 5.92 Å². The van der Waals surface area contributed by atoms with Crippen LogP contribution in [0.3, 0.4) is 0 Å². The summed E-state index contributed by atoms with van der Waals surface area (Å²) in [5.74, 6) is 2.00. The van der Waals surface area contributed by atoms with Gasteiger partial charge in [0.15, 0.2) is 5.82 Å². The summed E-state index contributed by atoms with van der Waals surface area (Å²) in [6.07, 6.45) is 9.10. The fourth-order valence-electron chi connectivity index (χ4n) is 3.19. The highest BCUT2D eigenvalue weighted by molar-refractivity contribution is 5.80. The Balaban J connectivity index is 1.83. The molecular formula is C15H19N4O+. The van der Waals surface area contributed by atoms with E-state index in [0.717, 1.165) is 35.8 Å². The van der Waals surface area contributed by atoms with Crippen molar-refractivity contribution >= 4 is 5.84 Å². The number of rotatable bonds is 1. The molecule has 4 aliphatic rings. The van der Waals surface area contributed by atoms with Gasteiger partial charge >= 0.3 is 5.84 Å². The van der Waals surface area contributed by atoms with Crippen LogP contribution in [-0.4, -0.2) is 34.6 Å². The van der Waals surface area contributed by atoms with Crippen LogP contribution >= 0.6 is 0 Å². The fraction of sp³-hybridized carbons (Fsp3) is 0.533. The number of nitroso groups, excluding NO2 is 1. The Morgan fingerprint density at radius 1 is 1.45 bits per heavy atom. The van der Waals surface area contributed by atoms with Crippen molar-refractivity contribution in [2.75, 3.05) is 13.1 Å². The maximum atomic E-state index is 12.1. The van der Waals surface area contributed by atoms with Crippen LogP contribution in [0.4, 0.5) is 0 Å². The van der Waals surface area contributed by atoms with Gasteiger partial charge in [-0.15, -0.1) is 0 Å². The molecule has 1 aliphatic carbocycles. The lowest BCUT2D eigenvalue weighted by atomic mass is 10.0. The molecule has 0 aromatic carbocycles. The summed E-state index contributed by atoms with van der Waals surface area (Å²) in [6.45, 7) is 3.83. The van der Waals surface area contributed by atoms with Gasteiger partial charge in [0.2, 0.25) is 5.70 Å². The molecule has 0 spiro atoms. The topological polar surface area (TPSA) is 47.7 Å². The summed E-state index contributed by atoms with van der Waals surface area (Å²) >= 11 is 0. The molecule has 1 N–H and O–H groups in total. The number of hydrogen-bond acceptors (Lipinski definition) is 4. The lowest BCUT2D eigenvalue weighted by Gasteiger charge is -2.30. The quantitative estimate of drug-likeness (QED) is 0.741. The van der Waals surface area contributed by atoms with Crippen molar-refractivity contribution in [3.8, 4) is 0 Å². The smallest absolute Gasteiger partial charge is 0.347 e. The normalized spacial score (nSPS) is 29.1. The first-order valence-electron chi connectivity index (χ1n) is 7.37. The lowest BCUT2D eigenvalue weighted by Crippen LogP contribution is -2.40. The molecule has 1 fully saturated rings. The van der Waals surface area contributed by atoms with Crippen LogP contribution in [0.5, 0.6) is 0 Å². The third-order valence-corrected chi connectivity index (χ3v) is 4.45. The average molecular weight is 271 g/mol. The number of dihydropyridines is 1. The minimum Gasteiger partial charge on any atom is -0.365 e. The predicted molar refractivity (Wildman–Crippen MR) is 76.8 cm³/mol. The standard InChI is InChI=1S/C15H19N4O/c1-10-6-7-16-15-13(10)17-14-11(3-2-8-19(14)20)9-18(15)12-4-5-12/h2,6,8,11-12,16H,3-5,7,9H2,1H3/q+1. The van der Waals surface area contributed by atoms with Crippen LogP contribution in [0.15, 0.2) is 40.4 Å². The number of amidine groups is 1. The van der Waals surface area contributed by atoms with E-state index in [2.05, 4.69) is 23.2 Å². The largest absolute Gasteiger partial charge is 0.365 e. The zero-order valence-corrected chi connectivity index (χ0v) is 11.7. The zero-order valence-electron chi connectivity index (χ0n) is 11.7. The van der Waals surface area contributed by atoms with Crippen LogP contribution in [0, 0.1) is 10.8 Å². The molecule has 0 aromatic heterocycles. The maximum absolute atomic E-state index is 12.1. The van der Waals surface area contributed by atoms with Crippen LogP contribution < -0.4 is 5.32 Å². The molecule has 1 atom stereocenters. The van der Waals surface area contributed by atoms with Crippen molar-refractivity contribution in [2.45, 2.75) is 32.2 Å².